The average molecular weight is 279 g/mol. The van der Waals surface area contributed by atoms with Crippen molar-refractivity contribution >= 4 is 10.9 Å². The number of pyridine rings is 2. The minimum atomic E-state index is 0.0646. The highest BCUT2D eigenvalue weighted by Gasteiger charge is 2.08. The molecule has 1 atom stereocenters. The molecule has 0 aliphatic heterocycles. The first-order valence-electron chi connectivity index (χ1n) is 6.94. The van der Waals surface area contributed by atoms with Crippen LogP contribution in [-0.4, -0.2) is 16.0 Å². The molecule has 3 rings (SSSR count). The van der Waals surface area contributed by atoms with Gasteiger partial charge in [0.05, 0.1) is 5.52 Å². The van der Waals surface area contributed by atoms with Crippen molar-refractivity contribution in [3.05, 3.63) is 60.4 Å². The zero-order chi connectivity index (χ0) is 14.7. The van der Waals surface area contributed by atoms with Gasteiger partial charge in [0.15, 0.2) is 0 Å². The van der Waals surface area contributed by atoms with Crippen LogP contribution in [0.1, 0.15) is 12.5 Å². The lowest BCUT2D eigenvalue weighted by Crippen LogP contribution is -2.18. The van der Waals surface area contributed by atoms with Gasteiger partial charge in [-0.05, 0) is 37.6 Å². The van der Waals surface area contributed by atoms with Crippen molar-refractivity contribution in [1.82, 2.24) is 9.97 Å². The molecule has 0 radical (unpaired) electrons. The molecular weight excluding hydrogens is 262 g/mol. The van der Waals surface area contributed by atoms with Gasteiger partial charge in [0, 0.05) is 35.5 Å². The number of hydrogen-bond acceptors (Lipinski definition) is 4. The molecule has 0 spiro atoms. The van der Waals surface area contributed by atoms with Crippen LogP contribution in [0, 0.1) is 0 Å². The van der Waals surface area contributed by atoms with Crippen molar-refractivity contribution in [2.75, 3.05) is 0 Å². The van der Waals surface area contributed by atoms with Crippen molar-refractivity contribution in [3.63, 3.8) is 0 Å². The zero-order valence-electron chi connectivity index (χ0n) is 11.9. The molecule has 106 valence electrons. The summed E-state index contributed by atoms with van der Waals surface area (Å²) in [5.41, 5.74) is 7.78. The van der Waals surface area contributed by atoms with Gasteiger partial charge < -0.3 is 10.5 Å². The predicted molar refractivity (Wildman–Crippen MR) is 83.4 cm³/mol. The van der Waals surface area contributed by atoms with Gasteiger partial charge in [-0.2, -0.15) is 0 Å². The molecule has 0 saturated heterocycles. The molecule has 1 unspecified atom stereocenters. The number of aromatic nitrogens is 2. The third kappa shape index (κ3) is 3.17. The van der Waals surface area contributed by atoms with Crippen molar-refractivity contribution in [3.8, 4) is 11.6 Å². The van der Waals surface area contributed by atoms with Gasteiger partial charge >= 0.3 is 0 Å². The topological polar surface area (TPSA) is 61.0 Å². The molecule has 4 nitrogen and oxygen atoms in total. The van der Waals surface area contributed by atoms with Crippen molar-refractivity contribution in [2.45, 2.75) is 19.4 Å². The second kappa shape index (κ2) is 5.89. The van der Waals surface area contributed by atoms with Crippen molar-refractivity contribution in [2.24, 2.45) is 5.73 Å². The average Bonchev–Trinajstić information content (AvgIpc) is 2.49. The Balaban J connectivity index is 1.91. The van der Waals surface area contributed by atoms with Gasteiger partial charge in [0.2, 0.25) is 5.88 Å². The van der Waals surface area contributed by atoms with Crippen LogP contribution in [0.5, 0.6) is 11.6 Å². The van der Waals surface area contributed by atoms with E-state index in [-0.39, 0.29) is 6.04 Å². The lowest BCUT2D eigenvalue weighted by Gasteiger charge is -2.11. The summed E-state index contributed by atoms with van der Waals surface area (Å²) in [6.45, 7) is 1.97. The van der Waals surface area contributed by atoms with Crippen molar-refractivity contribution < 1.29 is 4.74 Å². The van der Waals surface area contributed by atoms with E-state index in [4.69, 9.17) is 10.5 Å². The highest BCUT2D eigenvalue weighted by Crippen LogP contribution is 2.26. The fraction of sp³-hybridized carbons (Fsp3) is 0.176. The van der Waals surface area contributed by atoms with E-state index in [1.54, 1.807) is 12.4 Å². The summed E-state index contributed by atoms with van der Waals surface area (Å²) in [6.07, 6.45) is 4.22. The lowest BCUT2D eigenvalue weighted by atomic mass is 10.1. The minimum Gasteiger partial charge on any atom is -0.439 e. The van der Waals surface area contributed by atoms with Crippen LogP contribution in [-0.2, 0) is 6.42 Å². The molecule has 21 heavy (non-hydrogen) atoms. The SMILES string of the molecule is CC(N)Cc1cccnc1Oc1ccc2cccnc2c1. The number of nitrogens with zero attached hydrogens (tertiary/aromatic N) is 2. The Morgan fingerprint density at radius 3 is 2.76 bits per heavy atom. The maximum Gasteiger partial charge on any atom is 0.222 e. The molecule has 0 bridgehead atoms. The van der Waals surface area contributed by atoms with Crippen LogP contribution in [0.15, 0.2) is 54.9 Å². The first kappa shape index (κ1) is 13.5. The fourth-order valence-electron chi connectivity index (χ4n) is 2.24. The van der Waals surface area contributed by atoms with Crippen molar-refractivity contribution in [1.29, 1.82) is 0 Å². The van der Waals surface area contributed by atoms with Gasteiger partial charge in [-0.15, -0.1) is 0 Å². The number of fused-ring (bicyclic) bond motifs is 1. The predicted octanol–water partition coefficient (Wildman–Crippen LogP) is 3.31. The number of benzene rings is 1. The Kier molecular flexibility index (Phi) is 3.79. The summed E-state index contributed by atoms with van der Waals surface area (Å²) in [5, 5.41) is 1.08. The van der Waals surface area contributed by atoms with E-state index in [9.17, 15) is 0 Å². The Labute approximate surface area is 123 Å². The molecule has 2 N–H and O–H groups in total. The van der Waals surface area contributed by atoms with E-state index in [1.807, 2.05) is 49.4 Å². The summed E-state index contributed by atoms with van der Waals surface area (Å²) in [5.74, 6) is 1.33. The van der Waals surface area contributed by atoms with Crippen LogP contribution in [0.4, 0.5) is 0 Å². The minimum absolute atomic E-state index is 0.0646. The Hall–Kier alpha value is -2.46. The summed E-state index contributed by atoms with van der Waals surface area (Å²) < 4.78 is 5.91. The van der Waals surface area contributed by atoms with Crippen LogP contribution < -0.4 is 10.5 Å². The Bertz CT molecular complexity index is 756. The number of ether oxygens (including phenoxy) is 1. The van der Waals surface area contributed by atoms with Gasteiger partial charge in [-0.25, -0.2) is 4.98 Å². The smallest absolute Gasteiger partial charge is 0.222 e. The largest absolute Gasteiger partial charge is 0.439 e. The molecule has 0 fully saturated rings. The Morgan fingerprint density at radius 1 is 1.10 bits per heavy atom. The Morgan fingerprint density at radius 2 is 1.90 bits per heavy atom. The molecular formula is C17H17N3O. The van der Waals surface area contributed by atoms with E-state index < -0.39 is 0 Å². The maximum absolute atomic E-state index is 5.91. The highest BCUT2D eigenvalue weighted by atomic mass is 16.5. The second-order valence-corrected chi connectivity index (χ2v) is 5.11. The van der Waals surface area contributed by atoms with E-state index in [1.165, 1.54) is 0 Å². The van der Waals surface area contributed by atoms with Gasteiger partial charge in [-0.1, -0.05) is 12.1 Å². The van der Waals surface area contributed by atoms with Gasteiger partial charge in [0.25, 0.3) is 0 Å². The quantitative estimate of drug-likeness (QED) is 0.796. The molecule has 2 aromatic heterocycles. The lowest BCUT2D eigenvalue weighted by molar-refractivity contribution is 0.454. The zero-order valence-corrected chi connectivity index (χ0v) is 11.9. The van der Waals surface area contributed by atoms with Crippen LogP contribution in [0.25, 0.3) is 10.9 Å². The highest BCUT2D eigenvalue weighted by molar-refractivity contribution is 5.79. The second-order valence-electron chi connectivity index (χ2n) is 5.11. The molecule has 2 heterocycles. The number of nitrogens with two attached hydrogens (primary N) is 1. The van der Waals surface area contributed by atoms with Crippen LogP contribution in [0.2, 0.25) is 0 Å². The molecule has 1 aromatic carbocycles. The third-order valence-electron chi connectivity index (χ3n) is 3.18. The summed E-state index contributed by atoms with van der Waals surface area (Å²) >= 11 is 0. The van der Waals surface area contributed by atoms with E-state index >= 15 is 0 Å². The van der Waals surface area contributed by atoms with Gasteiger partial charge in [0.1, 0.15) is 5.75 Å². The monoisotopic (exact) mass is 279 g/mol. The van der Waals surface area contributed by atoms with Crippen LogP contribution >= 0.6 is 0 Å². The fourth-order valence-corrected chi connectivity index (χ4v) is 2.24. The first-order chi connectivity index (χ1) is 10.2. The third-order valence-corrected chi connectivity index (χ3v) is 3.18. The molecule has 4 heteroatoms. The molecule has 3 aromatic rings. The first-order valence-corrected chi connectivity index (χ1v) is 6.94. The molecule has 0 saturated carbocycles. The summed E-state index contributed by atoms with van der Waals surface area (Å²) in [6, 6.07) is 13.7. The summed E-state index contributed by atoms with van der Waals surface area (Å²) in [7, 11) is 0. The number of rotatable bonds is 4. The maximum atomic E-state index is 5.91. The normalized spacial score (nSPS) is 12.3. The van der Waals surface area contributed by atoms with E-state index in [0.717, 1.165) is 28.6 Å². The molecule has 0 amide bonds. The summed E-state index contributed by atoms with van der Waals surface area (Å²) in [4.78, 5) is 8.64. The van der Waals surface area contributed by atoms with Crippen LogP contribution in [0.3, 0.4) is 0 Å². The van der Waals surface area contributed by atoms with Gasteiger partial charge in [-0.3, -0.25) is 4.98 Å². The van der Waals surface area contributed by atoms with E-state index in [2.05, 4.69) is 9.97 Å². The van der Waals surface area contributed by atoms with E-state index in [0.29, 0.717) is 5.88 Å². The standard InChI is InChI=1S/C17H17N3O/c1-12(18)10-14-5-3-9-20-17(14)21-15-7-6-13-4-2-8-19-16(13)11-15/h2-9,11-12H,10,18H2,1H3. The number of hydrogen-bond donors (Lipinski definition) is 1. The molecule has 0 aliphatic carbocycles. The molecule has 0 aliphatic rings.